The molecule has 0 radical (unpaired) electrons. The number of ether oxygens (including phenoxy) is 1. The van der Waals surface area contributed by atoms with Crippen LogP contribution in [0.5, 0.6) is 0 Å². The molecule has 3 aromatic rings. The molecule has 0 saturated heterocycles. The number of esters is 1. The van der Waals surface area contributed by atoms with Gasteiger partial charge in [0.1, 0.15) is 15.5 Å². The van der Waals surface area contributed by atoms with E-state index in [2.05, 4.69) is 4.98 Å². The van der Waals surface area contributed by atoms with Gasteiger partial charge in [0.25, 0.3) is 11.5 Å². The van der Waals surface area contributed by atoms with Gasteiger partial charge in [-0.1, -0.05) is 30.3 Å². The molecule has 3 heterocycles. The summed E-state index contributed by atoms with van der Waals surface area (Å²) in [6, 6.07) is 8.90. The summed E-state index contributed by atoms with van der Waals surface area (Å²) in [4.78, 5) is 45.3. The summed E-state index contributed by atoms with van der Waals surface area (Å²) < 4.78 is 7.32. The summed E-state index contributed by atoms with van der Waals surface area (Å²) in [7, 11) is 3.23. The van der Waals surface area contributed by atoms with Gasteiger partial charge in [-0.25, -0.2) is 9.78 Å². The number of aromatic nitrogens is 2. The highest BCUT2D eigenvalue weighted by Crippen LogP contribution is 2.31. The molecule has 0 unspecified atom stereocenters. The fraction of sp³-hybridized carbons (Fsp3) is 0.333. The van der Waals surface area contributed by atoms with E-state index in [0.717, 1.165) is 30.0 Å². The lowest BCUT2D eigenvalue weighted by Gasteiger charge is -2.21. The molecule has 0 fully saturated rings. The maximum absolute atomic E-state index is 13.0. The Morgan fingerprint density at radius 2 is 1.97 bits per heavy atom. The number of benzene rings is 1. The highest BCUT2D eigenvalue weighted by Gasteiger charge is 2.30. The predicted octanol–water partition coefficient (Wildman–Crippen LogP) is 2.70. The molecule has 7 nitrogen and oxygen atoms in total. The number of hydrogen-bond donors (Lipinski definition) is 0. The lowest BCUT2D eigenvalue weighted by Crippen LogP contribution is -2.31. The fourth-order valence-corrected chi connectivity index (χ4v) is 4.63. The molecule has 2 aromatic heterocycles. The SMILES string of the molecule is Cc1c(C(=O)O[C@@H](C(=O)N(C)C)c2ccccc2)sc2nc3n(c(=O)c12)CCC3. The third-order valence-corrected chi connectivity index (χ3v) is 6.25. The quantitative estimate of drug-likeness (QED) is 0.617. The largest absolute Gasteiger partial charge is 0.443 e. The third kappa shape index (κ3) is 3.33. The predicted molar refractivity (Wildman–Crippen MR) is 110 cm³/mol. The van der Waals surface area contributed by atoms with Gasteiger partial charge in [-0.2, -0.15) is 0 Å². The molecule has 1 aromatic carbocycles. The minimum atomic E-state index is -1.05. The molecule has 4 rings (SSSR count). The van der Waals surface area contributed by atoms with Crippen LogP contribution in [0.1, 0.15) is 39.1 Å². The molecule has 29 heavy (non-hydrogen) atoms. The molecule has 0 spiro atoms. The van der Waals surface area contributed by atoms with E-state index in [9.17, 15) is 14.4 Å². The van der Waals surface area contributed by atoms with Gasteiger partial charge in [0, 0.05) is 32.6 Å². The normalized spacial score (nSPS) is 13.9. The van der Waals surface area contributed by atoms with Crippen molar-refractivity contribution >= 4 is 33.4 Å². The molecule has 150 valence electrons. The van der Waals surface area contributed by atoms with Crippen LogP contribution in [-0.2, 0) is 22.5 Å². The Balaban J connectivity index is 1.73. The van der Waals surface area contributed by atoms with Gasteiger partial charge in [-0.3, -0.25) is 14.2 Å². The van der Waals surface area contributed by atoms with Crippen molar-refractivity contribution in [3.8, 4) is 0 Å². The van der Waals surface area contributed by atoms with Crippen molar-refractivity contribution in [1.29, 1.82) is 0 Å². The first kappa shape index (κ1) is 19.3. The van der Waals surface area contributed by atoms with Crippen molar-refractivity contribution in [2.24, 2.45) is 0 Å². The number of aryl methyl sites for hydroxylation is 2. The Morgan fingerprint density at radius 3 is 2.66 bits per heavy atom. The van der Waals surface area contributed by atoms with E-state index in [1.807, 2.05) is 6.07 Å². The maximum atomic E-state index is 13.0. The van der Waals surface area contributed by atoms with Crippen molar-refractivity contribution in [2.45, 2.75) is 32.4 Å². The number of carbonyl (C=O) groups excluding carboxylic acids is 2. The van der Waals surface area contributed by atoms with Crippen molar-refractivity contribution in [3.63, 3.8) is 0 Å². The third-order valence-electron chi connectivity index (χ3n) is 5.09. The smallest absolute Gasteiger partial charge is 0.349 e. The van der Waals surface area contributed by atoms with Gasteiger partial charge in [-0.05, 0) is 18.9 Å². The Kier molecular flexibility index (Phi) is 4.96. The van der Waals surface area contributed by atoms with E-state index in [1.54, 1.807) is 49.9 Å². The van der Waals surface area contributed by atoms with Gasteiger partial charge in [0.2, 0.25) is 6.10 Å². The molecular weight excluding hydrogens is 390 g/mol. The minimum absolute atomic E-state index is 0.112. The molecular formula is C21H21N3O4S. The average molecular weight is 411 g/mol. The van der Waals surface area contributed by atoms with Crippen LogP contribution in [-0.4, -0.2) is 40.4 Å². The summed E-state index contributed by atoms with van der Waals surface area (Å²) in [5.41, 5.74) is 1.04. The second-order valence-corrected chi connectivity index (χ2v) is 8.25. The van der Waals surface area contributed by atoms with Crippen LogP contribution in [0.3, 0.4) is 0 Å². The molecule has 1 atom stereocenters. The Hall–Kier alpha value is -3.00. The first-order valence-electron chi connectivity index (χ1n) is 9.38. The Bertz CT molecular complexity index is 1160. The highest BCUT2D eigenvalue weighted by molar-refractivity contribution is 7.20. The van der Waals surface area contributed by atoms with E-state index < -0.39 is 12.1 Å². The lowest BCUT2D eigenvalue weighted by atomic mass is 10.1. The van der Waals surface area contributed by atoms with E-state index in [1.165, 1.54) is 4.90 Å². The van der Waals surface area contributed by atoms with Crippen LogP contribution in [0.25, 0.3) is 10.2 Å². The second-order valence-electron chi connectivity index (χ2n) is 7.25. The summed E-state index contributed by atoms with van der Waals surface area (Å²) in [5, 5.41) is 0.461. The summed E-state index contributed by atoms with van der Waals surface area (Å²) >= 11 is 1.15. The second kappa shape index (κ2) is 7.44. The molecule has 0 bridgehead atoms. The molecule has 1 amide bonds. The summed E-state index contributed by atoms with van der Waals surface area (Å²) in [6.07, 6.45) is 0.608. The van der Waals surface area contributed by atoms with Gasteiger partial charge in [0.05, 0.1) is 5.39 Å². The first-order chi connectivity index (χ1) is 13.9. The minimum Gasteiger partial charge on any atom is -0.443 e. The number of amides is 1. The topological polar surface area (TPSA) is 81.5 Å². The van der Waals surface area contributed by atoms with Crippen LogP contribution < -0.4 is 5.56 Å². The number of fused-ring (bicyclic) bond motifs is 2. The van der Waals surface area contributed by atoms with E-state index in [0.29, 0.717) is 32.8 Å². The van der Waals surface area contributed by atoms with Crippen molar-refractivity contribution in [2.75, 3.05) is 14.1 Å². The summed E-state index contributed by atoms with van der Waals surface area (Å²) in [6.45, 7) is 2.38. The zero-order chi connectivity index (χ0) is 20.7. The standard InChI is InChI=1S/C21H21N3O4S/c1-12-15-18(22-14-10-7-11-24(14)19(15)25)29-17(12)21(27)28-16(20(26)23(2)3)13-8-5-4-6-9-13/h4-6,8-9,16H,7,10-11H2,1-3H3/t16-/m1/s1. The number of likely N-dealkylation sites (N-methyl/N-ethyl adjacent to an activating group) is 1. The molecule has 0 aliphatic carbocycles. The summed E-state index contributed by atoms with van der Waals surface area (Å²) in [5.74, 6) is -0.201. The average Bonchev–Trinajstić information content (AvgIpc) is 3.31. The zero-order valence-corrected chi connectivity index (χ0v) is 17.3. The number of hydrogen-bond acceptors (Lipinski definition) is 6. The first-order valence-corrected chi connectivity index (χ1v) is 10.2. The van der Waals surface area contributed by atoms with Gasteiger partial charge in [-0.15, -0.1) is 11.3 Å². The number of carbonyl (C=O) groups is 2. The monoisotopic (exact) mass is 411 g/mol. The van der Waals surface area contributed by atoms with Crippen LogP contribution in [0, 0.1) is 6.92 Å². The maximum Gasteiger partial charge on any atom is 0.349 e. The van der Waals surface area contributed by atoms with E-state index in [-0.39, 0.29) is 11.5 Å². The Morgan fingerprint density at radius 1 is 1.24 bits per heavy atom. The van der Waals surface area contributed by atoms with Gasteiger partial charge < -0.3 is 9.64 Å². The molecule has 1 aliphatic heterocycles. The van der Waals surface area contributed by atoms with Crippen molar-refractivity contribution in [3.05, 3.63) is 62.5 Å². The fourth-order valence-electron chi connectivity index (χ4n) is 3.55. The zero-order valence-electron chi connectivity index (χ0n) is 16.5. The van der Waals surface area contributed by atoms with Crippen molar-refractivity contribution in [1.82, 2.24) is 14.5 Å². The van der Waals surface area contributed by atoms with Gasteiger partial charge in [0.15, 0.2) is 0 Å². The molecule has 8 heteroatoms. The molecule has 0 saturated carbocycles. The number of thiophene rings is 1. The van der Waals surface area contributed by atoms with E-state index >= 15 is 0 Å². The van der Waals surface area contributed by atoms with Gasteiger partial charge >= 0.3 is 5.97 Å². The van der Waals surface area contributed by atoms with E-state index in [4.69, 9.17) is 4.74 Å². The van der Waals surface area contributed by atoms with Crippen LogP contribution >= 0.6 is 11.3 Å². The lowest BCUT2D eigenvalue weighted by molar-refractivity contribution is -0.138. The van der Waals surface area contributed by atoms with Crippen LogP contribution in [0.4, 0.5) is 0 Å². The number of rotatable bonds is 4. The van der Waals surface area contributed by atoms with Crippen molar-refractivity contribution < 1.29 is 14.3 Å². The van der Waals surface area contributed by atoms with Crippen LogP contribution in [0.2, 0.25) is 0 Å². The molecule has 1 aliphatic rings. The molecule has 0 N–H and O–H groups in total. The van der Waals surface area contributed by atoms with Crippen LogP contribution in [0.15, 0.2) is 35.1 Å². The Labute approximate surface area is 171 Å². The highest BCUT2D eigenvalue weighted by atomic mass is 32.1. The number of nitrogens with zero attached hydrogens (tertiary/aromatic N) is 3.